The van der Waals surface area contributed by atoms with Crippen LogP contribution < -0.4 is 5.32 Å². The molecule has 20 heavy (non-hydrogen) atoms. The van der Waals surface area contributed by atoms with Crippen molar-refractivity contribution in [3.8, 4) is 11.1 Å². The molecule has 1 fully saturated rings. The topological polar surface area (TPSA) is 29.9 Å². The number of aromatic nitrogens is 2. The first-order valence-corrected chi connectivity index (χ1v) is 6.55. The molecule has 0 saturated carbocycles. The summed E-state index contributed by atoms with van der Waals surface area (Å²) >= 11 is 0. The zero-order chi connectivity index (χ0) is 14.1. The van der Waals surface area contributed by atoms with Crippen molar-refractivity contribution in [2.75, 3.05) is 13.1 Å². The third-order valence-electron chi connectivity index (χ3n) is 3.60. The Morgan fingerprint density at radius 3 is 2.35 bits per heavy atom. The maximum absolute atomic E-state index is 13.2. The molecule has 6 heteroatoms. The van der Waals surface area contributed by atoms with Crippen molar-refractivity contribution in [1.29, 1.82) is 0 Å². The second-order valence-electron chi connectivity index (χ2n) is 4.94. The van der Waals surface area contributed by atoms with Crippen LogP contribution in [0.3, 0.4) is 0 Å². The second kappa shape index (κ2) is 5.28. The molecule has 0 aliphatic carbocycles. The average Bonchev–Trinajstić information content (AvgIpc) is 2.95. The molecular weight excluding hydrogens is 267 g/mol. The lowest BCUT2D eigenvalue weighted by Gasteiger charge is -2.22. The third kappa shape index (κ3) is 2.43. The van der Waals surface area contributed by atoms with Gasteiger partial charge in [0.05, 0.1) is 12.2 Å². The number of hydrogen-bond donors (Lipinski definition) is 1. The van der Waals surface area contributed by atoms with Crippen LogP contribution in [-0.2, 0) is 0 Å². The molecule has 0 atom stereocenters. The van der Waals surface area contributed by atoms with E-state index in [1.54, 1.807) is 12.4 Å². The predicted molar refractivity (Wildman–Crippen MR) is 68.7 cm³/mol. The molecular formula is C14H14F3N3. The highest BCUT2D eigenvalue weighted by atomic mass is 19.2. The molecule has 0 unspecified atom stereocenters. The first-order valence-electron chi connectivity index (χ1n) is 6.55. The van der Waals surface area contributed by atoms with E-state index in [-0.39, 0.29) is 0 Å². The molecule has 1 aromatic heterocycles. The number of hydrogen-bond acceptors (Lipinski definition) is 2. The summed E-state index contributed by atoms with van der Waals surface area (Å²) in [6, 6.07) is 2.27. The SMILES string of the molecule is Fc1cc(-c2cnn(C3CCNCC3)c2)cc(F)c1F. The van der Waals surface area contributed by atoms with Gasteiger partial charge < -0.3 is 5.32 Å². The van der Waals surface area contributed by atoms with E-state index in [1.807, 2.05) is 4.68 Å². The number of nitrogens with zero attached hydrogens (tertiary/aromatic N) is 2. The van der Waals surface area contributed by atoms with Gasteiger partial charge >= 0.3 is 0 Å². The third-order valence-corrected chi connectivity index (χ3v) is 3.60. The fraction of sp³-hybridized carbons (Fsp3) is 0.357. The van der Waals surface area contributed by atoms with Crippen LogP contribution in [0.15, 0.2) is 24.5 Å². The first kappa shape index (κ1) is 13.2. The van der Waals surface area contributed by atoms with Crippen LogP contribution in [0.1, 0.15) is 18.9 Å². The van der Waals surface area contributed by atoms with Gasteiger partial charge in [-0.2, -0.15) is 5.10 Å². The fourth-order valence-corrected chi connectivity index (χ4v) is 2.48. The number of nitrogens with one attached hydrogen (secondary N) is 1. The van der Waals surface area contributed by atoms with Gasteiger partial charge in [-0.25, -0.2) is 13.2 Å². The van der Waals surface area contributed by atoms with E-state index < -0.39 is 17.5 Å². The van der Waals surface area contributed by atoms with Gasteiger partial charge in [-0.05, 0) is 43.6 Å². The number of halogens is 3. The lowest BCUT2D eigenvalue weighted by molar-refractivity contribution is 0.343. The molecule has 1 aromatic carbocycles. The zero-order valence-corrected chi connectivity index (χ0v) is 10.7. The molecule has 0 radical (unpaired) electrons. The first-order chi connectivity index (χ1) is 9.65. The minimum atomic E-state index is -1.44. The van der Waals surface area contributed by atoms with Crippen LogP contribution in [0.4, 0.5) is 13.2 Å². The van der Waals surface area contributed by atoms with Gasteiger partial charge in [-0.15, -0.1) is 0 Å². The fourth-order valence-electron chi connectivity index (χ4n) is 2.48. The minimum absolute atomic E-state index is 0.292. The smallest absolute Gasteiger partial charge is 0.194 e. The van der Waals surface area contributed by atoms with Gasteiger partial charge in [0.1, 0.15) is 0 Å². The van der Waals surface area contributed by atoms with Crippen molar-refractivity contribution in [1.82, 2.24) is 15.1 Å². The van der Waals surface area contributed by atoms with Crippen molar-refractivity contribution in [3.05, 3.63) is 42.0 Å². The quantitative estimate of drug-likeness (QED) is 0.858. The standard InChI is InChI=1S/C14H14F3N3/c15-12-5-9(6-13(16)14(12)17)10-7-19-20(8-10)11-1-3-18-4-2-11/h5-8,11,18H,1-4H2. The summed E-state index contributed by atoms with van der Waals surface area (Å²) in [6.45, 7) is 1.86. The molecule has 1 aliphatic heterocycles. The second-order valence-corrected chi connectivity index (χ2v) is 4.94. The van der Waals surface area contributed by atoms with Crippen molar-refractivity contribution in [2.45, 2.75) is 18.9 Å². The van der Waals surface area contributed by atoms with Gasteiger partial charge in [0, 0.05) is 11.8 Å². The van der Waals surface area contributed by atoms with Crippen LogP contribution in [-0.4, -0.2) is 22.9 Å². The van der Waals surface area contributed by atoms with Gasteiger partial charge in [-0.1, -0.05) is 0 Å². The molecule has 1 saturated heterocycles. The highest BCUT2D eigenvalue weighted by Gasteiger charge is 2.17. The van der Waals surface area contributed by atoms with Crippen molar-refractivity contribution in [3.63, 3.8) is 0 Å². The van der Waals surface area contributed by atoms with E-state index in [9.17, 15) is 13.2 Å². The number of benzene rings is 1. The van der Waals surface area contributed by atoms with Crippen LogP contribution in [0.2, 0.25) is 0 Å². The minimum Gasteiger partial charge on any atom is -0.317 e. The number of piperidine rings is 1. The van der Waals surface area contributed by atoms with Gasteiger partial charge in [0.2, 0.25) is 0 Å². The summed E-state index contributed by atoms with van der Waals surface area (Å²) < 4.78 is 41.2. The number of rotatable bonds is 2. The van der Waals surface area contributed by atoms with Crippen molar-refractivity contribution >= 4 is 0 Å². The Hall–Kier alpha value is -1.82. The molecule has 3 nitrogen and oxygen atoms in total. The average molecular weight is 281 g/mol. The molecule has 0 bridgehead atoms. The highest BCUT2D eigenvalue weighted by Crippen LogP contribution is 2.25. The van der Waals surface area contributed by atoms with E-state index in [0.29, 0.717) is 17.2 Å². The van der Waals surface area contributed by atoms with E-state index >= 15 is 0 Å². The summed E-state index contributed by atoms with van der Waals surface area (Å²) in [5.41, 5.74) is 0.878. The van der Waals surface area contributed by atoms with Crippen molar-refractivity contribution in [2.24, 2.45) is 0 Å². The van der Waals surface area contributed by atoms with E-state index in [1.165, 1.54) is 0 Å². The molecule has 1 aliphatic rings. The van der Waals surface area contributed by atoms with E-state index in [4.69, 9.17) is 0 Å². The lowest BCUT2D eigenvalue weighted by atomic mass is 10.1. The molecule has 2 heterocycles. The molecule has 3 rings (SSSR count). The highest BCUT2D eigenvalue weighted by molar-refractivity contribution is 5.61. The van der Waals surface area contributed by atoms with Crippen LogP contribution in [0.5, 0.6) is 0 Å². The normalized spacial score (nSPS) is 16.6. The monoisotopic (exact) mass is 281 g/mol. The van der Waals surface area contributed by atoms with Crippen LogP contribution in [0, 0.1) is 17.5 Å². The van der Waals surface area contributed by atoms with Gasteiger partial charge in [-0.3, -0.25) is 4.68 Å². The Morgan fingerprint density at radius 2 is 1.70 bits per heavy atom. The van der Waals surface area contributed by atoms with Crippen LogP contribution >= 0.6 is 0 Å². The zero-order valence-electron chi connectivity index (χ0n) is 10.7. The lowest BCUT2D eigenvalue weighted by Crippen LogP contribution is -2.29. The molecule has 0 spiro atoms. The Balaban J connectivity index is 1.89. The summed E-state index contributed by atoms with van der Waals surface area (Å²) in [7, 11) is 0. The predicted octanol–water partition coefficient (Wildman–Crippen LogP) is 2.89. The Kier molecular flexibility index (Phi) is 3.48. The Labute approximate surface area is 114 Å². The Morgan fingerprint density at radius 1 is 1.05 bits per heavy atom. The largest absolute Gasteiger partial charge is 0.317 e. The summed E-state index contributed by atoms with van der Waals surface area (Å²) in [4.78, 5) is 0. The molecule has 0 amide bonds. The summed E-state index contributed by atoms with van der Waals surface area (Å²) in [5.74, 6) is -3.82. The molecule has 1 N–H and O–H groups in total. The van der Waals surface area contributed by atoms with Gasteiger partial charge in [0.15, 0.2) is 17.5 Å². The van der Waals surface area contributed by atoms with Gasteiger partial charge in [0.25, 0.3) is 0 Å². The molecule has 2 aromatic rings. The van der Waals surface area contributed by atoms with Crippen molar-refractivity contribution < 1.29 is 13.2 Å². The Bertz CT molecular complexity index is 595. The summed E-state index contributed by atoms with van der Waals surface area (Å²) in [6.07, 6.45) is 5.23. The molecule has 106 valence electrons. The maximum atomic E-state index is 13.2. The van der Waals surface area contributed by atoms with Crippen LogP contribution in [0.25, 0.3) is 11.1 Å². The maximum Gasteiger partial charge on any atom is 0.194 e. The van der Waals surface area contributed by atoms with E-state index in [2.05, 4.69) is 10.4 Å². The summed E-state index contributed by atoms with van der Waals surface area (Å²) in [5, 5.41) is 7.51. The van der Waals surface area contributed by atoms with E-state index in [0.717, 1.165) is 38.1 Å².